The van der Waals surface area contributed by atoms with E-state index in [4.69, 9.17) is 14.2 Å². The number of carbonyl (C=O) groups excluding carboxylic acids is 2. The van der Waals surface area contributed by atoms with E-state index in [1.807, 2.05) is 31.3 Å². The number of hydrogen-bond donors (Lipinski definition) is 2. The third-order valence-corrected chi connectivity index (χ3v) is 5.32. The fourth-order valence-corrected chi connectivity index (χ4v) is 3.44. The molecule has 2 amide bonds. The summed E-state index contributed by atoms with van der Waals surface area (Å²) in [5.74, 6) is 0.737. The number of hydrogen-bond acceptors (Lipinski definition) is 6. The number of nitrogens with one attached hydrogen (secondary N) is 2. The number of methoxy groups -OCH3 is 2. The van der Waals surface area contributed by atoms with Crippen LogP contribution in [-0.2, 0) is 4.79 Å². The highest BCUT2D eigenvalue weighted by molar-refractivity contribution is 5.95. The molecular weight excluding hydrogens is 446 g/mol. The van der Waals surface area contributed by atoms with E-state index in [1.165, 1.54) is 14.2 Å². The number of anilines is 2. The molecule has 3 aromatic rings. The van der Waals surface area contributed by atoms with Crippen LogP contribution in [0, 0.1) is 0 Å². The minimum Gasteiger partial charge on any atom is -0.495 e. The van der Waals surface area contributed by atoms with Gasteiger partial charge in [-0.25, -0.2) is 0 Å². The SMILES string of the molecule is COc1ccccc1NC(=O)COc1ccc(C(=O)NCCCN(C)c2ccccc2)cc1OC. The largest absolute Gasteiger partial charge is 0.495 e. The molecule has 35 heavy (non-hydrogen) atoms. The molecule has 0 fully saturated rings. The second-order valence-electron chi connectivity index (χ2n) is 7.77. The predicted molar refractivity (Wildman–Crippen MR) is 137 cm³/mol. The molecule has 0 aromatic heterocycles. The van der Waals surface area contributed by atoms with Gasteiger partial charge in [-0.1, -0.05) is 30.3 Å². The highest BCUT2D eigenvalue weighted by atomic mass is 16.5. The molecule has 0 aliphatic rings. The first-order valence-corrected chi connectivity index (χ1v) is 11.3. The van der Waals surface area contributed by atoms with Crippen LogP contribution in [0.5, 0.6) is 17.2 Å². The fourth-order valence-electron chi connectivity index (χ4n) is 3.44. The van der Waals surface area contributed by atoms with Crippen molar-refractivity contribution in [1.29, 1.82) is 0 Å². The monoisotopic (exact) mass is 477 g/mol. The standard InChI is InChI=1S/C27H31N3O5/c1-30(21-10-5-4-6-11-21)17-9-16-28-27(32)20-14-15-24(25(18-20)34-3)35-19-26(31)29-22-12-7-8-13-23(22)33-2/h4-8,10-15,18H,9,16-17,19H2,1-3H3,(H,28,32)(H,29,31). The van der Waals surface area contributed by atoms with Gasteiger partial charge in [0.05, 0.1) is 19.9 Å². The molecule has 0 bridgehead atoms. The van der Waals surface area contributed by atoms with Gasteiger partial charge in [0, 0.05) is 31.4 Å². The van der Waals surface area contributed by atoms with Gasteiger partial charge in [-0.3, -0.25) is 9.59 Å². The quantitative estimate of drug-likeness (QED) is 0.384. The maximum atomic E-state index is 12.6. The Hall–Kier alpha value is -4.20. The molecule has 0 aliphatic carbocycles. The summed E-state index contributed by atoms with van der Waals surface area (Å²) < 4.78 is 16.2. The lowest BCUT2D eigenvalue weighted by Crippen LogP contribution is -2.28. The molecule has 8 heteroatoms. The Labute approximate surface area is 205 Å². The van der Waals surface area contributed by atoms with E-state index >= 15 is 0 Å². The lowest BCUT2D eigenvalue weighted by Gasteiger charge is -2.19. The number of ether oxygens (including phenoxy) is 3. The molecule has 0 radical (unpaired) electrons. The summed E-state index contributed by atoms with van der Waals surface area (Å²) in [6, 6.07) is 22.1. The van der Waals surface area contributed by atoms with Crippen molar-refractivity contribution in [2.75, 3.05) is 51.2 Å². The number of carbonyl (C=O) groups is 2. The molecular formula is C27H31N3O5. The van der Waals surface area contributed by atoms with Gasteiger partial charge in [0.25, 0.3) is 11.8 Å². The van der Waals surface area contributed by atoms with Gasteiger partial charge in [0.15, 0.2) is 18.1 Å². The van der Waals surface area contributed by atoms with Crippen molar-refractivity contribution < 1.29 is 23.8 Å². The first-order valence-electron chi connectivity index (χ1n) is 11.3. The summed E-state index contributed by atoms with van der Waals surface area (Å²) in [7, 11) is 5.04. The van der Waals surface area contributed by atoms with Crippen molar-refractivity contribution >= 4 is 23.2 Å². The summed E-state index contributed by atoms with van der Waals surface area (Å²) in [6.07, 6.45) is 0.802. The maximum Gasteiger partial charge on any atom is 0.262 e. The molecule has 3 aromatic carbocycles. The molecule has 0 saturated carbocycles. The highest BCUT2D eigenvalue weighted by Gasteiger charge is 2.13. The van der Waals surface area contributed by atoms with Crippen LogP contribution in [0.1, 0.15) is 16.8 Å². The average Bonchev–Trinajstić information content (AvgIpc) is 2.90. The second kappa shape index (κ2) is 12.9. The van der Waals surface area contributed by atoms with Crippen molar-refractivity contribution in [3.63, 3.8) is 0 Å². The lowest BCUT2D eigenvalue weighted by molar-refractivity contribution is -0.118. The normalized spacial score (nSPS) is 10.3. The third kappa shape index (κ3) is 7.40. The second-order valence-corrected chi connectivity index (χ2v) is 7.77. The Bertz CT molecular complexity index is 1120. The number of rotatable bonds is 12. The number of para-hydroxylation sites is 3. The zero-order valence-corrected chi connectivity index (χ0v) is 20.2. The number of amides is 2. The highest BCUT2D eigenvalue weighted by Crippen LogP contribution is 2.28. The van der Waals surface area contributed by atoms with Crippen LogP contribution < -0.4 is 29.7 Å². The van der Waals surface area contributed by atoms with Gasteiger partial charge >= 0.3 is 0 Å². The van der Waals surface area contributed by atoms with E-state index in [-0.39, 0.29) is 18.4 Å². The minimum absolute atomic E-state index is 0.203. The van der Waals surface area contributed by atoms with Crippen LogP contribution in [0.15, 0.2) is 72.8 Å². The van der Waals surface area contributed by atoms with Gasteiger partial charge in [-0.05, 0) is 48.9 Å². The zero-order valence-electron chi connectivity index (χ0n) is 20.2. The third-order valence-electron chi connectivity index (χ3n) is 5.32. The Morgan fingerprint density at radius 3 is 2.31 bits per heavy atom. The van der Waals surface area contributed by atoms with Crippen molar-refractivity contribution in [2.45, 2.75) is 6.42 Å². The van der Waals surface area contributed by atoms with E-state index < -0.39 is 0 Å². The summed E-state index contributed by atoms with van der Waals surface area (Å²) >= 11 is 0. The van der Waals surface area contributed by atoms with Gasteiger partial charge in [0.2, 0.25) is 0 Å². The number of benzene rings is 3. The van der Waals surface area contributed by atoms with Crippen LogP contribution in [0.3, 0.4) is 0 Å². The van der Waals surface area contributed by atoms with Crippen LogP contribution in [0.4, 0.5) is 11.4 Å². The minimum atomic E-state index is -0.348. The smallest absolute Gasteiger partial charge is 0.262 e. The van der Waals surface area contributed by atoms with E-state index in [0.717, 1.165) is 18.7 Å². The molecule has 0 spiro atoms. The van der Waals surface area contributed by atoms with E-state index in [1.54, 1.807) is 36.4 Å². The molecule has 3 rings (SSSR count). The summed E-state index contributed by atoms with van der Waals surface area (Å²) in [5.41, 5.74) is 2.14. The molecule has 0 heterocycles. The van der Waals surface area contributed by atoms with Crippen molar-refractivity contribution in [2.24, 2.45) is 0 Å². The molecule has 8 nitrogen and oxygen atoms in total. The van der Waals surface area contributed by atoms with Crippen LogP contribution in [-0.4, -0.2) is 52.8 Å². The van der Waals surface area contributed by atoms with Gasteiger partial charge in [0.1, 0.15) is 5.75 Å². The zero-order chi connectivity index (χ0) is 25.0. The Morgan fingerprint density at radius 2 is 1.57 bits per heavy atom. The molecule has 0 saturated heterocycles. The first-order chi connectivity index (χ1) is 17.0. The van der Waals surface area contributed by atoms with E-state index in [9.17, 15) is 9.59 Å². The summed E-state index contributed by atoms with van der Waals surface area (Å²) in [5, 5.41) is 5.68. The molecule has 0 unspecified atom stereocenters. The molecule has 2 N–H and O–H groups in total. The van der Waals surface area contributed by atoms with Crippen LogP contribution in [0.25, 0.3) is 0 Å². The molecule has 184 valence electrons. The van der Waals surface area contributed by atoms with E-state index in [0.29, 0.717) is 35.0 Å². The summed E-state index contributed by atoms with van der Waals surface area (Å²) in [6.45, 7) is 1.13. The van der Waals surface area contributed by atoms with Crippen LogP contribution in [0.2, 0.25) is 0 Å². The lowest BCUT2D eigenvalue weighted by atomic mass is 10.2. The fraction of sp³-hybridized carbons (Fsp3) is 0.259. The van der Waals surface area contributed by atoms with Crippen molar-refractivity contribution in [1.82, 2.24) is 5.32 Å². The molecule has 0 atom stereocenters. The Balaban J connectivity index is 1.48. The Morgan fingerprint density at radius 1 is 0.857 bits per heavy atom. The first kappa shape index (κ1) is 25.4. The van der Waals surface area contributed by atoms with Crippen molar-refractivity contribution in [3.8, 4) is 17.2 Å². The van der Waals surface area contributed by atoms with Gasteiger partial charge < -0.3 is 29.7 Å². The molecule has 0 aliphatic heterocycles. The predicted octanol–water partition coefficient (Wildman–Crippen LogP) is 3.98. The van der Waals surface area contributed by atoms with Gasteiger partial charge in [-0.2, -0.15) is 0 Å². The van der Waals surface area contributed by atoms with E-state index in [2.05, 4.69) is 27.7 Å². The maximum absolute atomic E-state index is 12.6. The topological polar surface area (TPSA) is 89.1 Å². The van der Waals surface area contributed by atoms with Crippen LogP contribution >= 0.6 is 0 Å². The Kier molecular flexibility index (Phi) is 9.36. The van der Waals surface area contributed by atoms with Crippen molar-refractivity contribution in [3.05, 3.63) is 78.4 Å². The average molecular weight is 478 g/mol. The summed E-state index contributed by atoms with van der Waals surface area (Å²) in [4.78, 5) is 27.0. The number of nitrogens with zero attached hydrogens (tertiary/aromatic N) is 1. The van der Waals surface area contributed by atoms with Gasteiger partial charge in [-0.15, -0.1) is 0 Å².